The van der Waals surface area contributed by atoms with E-state index in [1.165, 1.54) is 219 Å². The van der Waals surface area contributed by atoms with Gasteiger partial charge in [0.05, 0.1) is 0 Å². The van der Waals surface area contributed by atoms with Crippen LogP contribution >= 0.6 is 0 Å². The normalized spacial score (nSPS) is 11.2. The van der Waals surface area contributed by atoms with Crippen molar-refractivity contribution in [1.29, 1.82) is 0 Å². The summed E-state index contributed by atoms with van der Waals surface area (Å²) in [6, 6.07) is 0. The second kappa shape index (κ2) is 40.1. The summed E-state index contributed by atoms with van der Waals surface area (Å²) in [7, 11) is 0. The van der Waals surface area contributed by atoms with Crippen molar-refractivity contribution >= 4 is 29.6 Å². The van der Waals surface area contributed by atoms with Gasteiger partial charge in [-0.15, -0.1) is 0 Å². The quantitative estimate of drug-likeness (QED) is 0.0626. The standard InChI is InChI=1S/C36H75N.Na.H/c1-3-5-7-9-11-13-15-17-19-21-23-25-27-29-31-33-35-37-36-34-32-30-28-26-24-22-20-18-16-14-12-10-8-6-4-2;;/h37H,3-36H2,1-2H3;;. The van der Waals surface area contributed by atoms with Crippen LogP contribution in [0.5, 0.6) is 0 Å². The third kappa shape index (κ3) is 39.1. The average molecular weight is 546 g/mol. The van der Waals surface area contributed by atoms with Gasteiger partial charge in [-0.3, -0.25) is 0 Å². The molecule has 226 valence electrons. The van der Waals surface area contributed by atoms with Gasteiger partial charge in [-0.25, -0.2) is 0 Å². The molecule has 0 spiro atoms. The molecule has 0 unspecified atom stereocenters. The molecule has 2 heteroatoms. The van der Waals surface area contributed by atoms with Crippen molar-refractivity contribution in [1.82, 2.24) is 5.32 Å². The molecule has 0 aliphatic rings. The zero-order valence-electron chi connectivity index (χ0n) is 26.5. The van der Waals surface area contributed by atoms with Crippen molar-refractivity contribution in [2.75, 3.05) is 13.1 Å². The Kier molecular flexibility index (Phi) is 43.4. The SMILES string of the molecule is CCCCCCCCCCCCCCCCCCNCCCCCCCCCCCCCCCCCC.[NaH]. The Morgan fingerprint density at radius 2 is 0.395 bits per heavy atom. The fourth-order valence-electron chi connectivity index (χ4n) is 5.72. The summed E-state index contributed by atoms with van der Waals surface area (Å²) in [5.41, 5.74) is 0. The summed E-state index contributed by atoms with van der Waals surface area (Å²) < 4.78 is 0. The third-order valence-electron chi connectivity index (χ3n) is 8.41. The zero-order valence-corrected chi connectivity index (χ0v) is 26.5. The van der Waals surface area contributed by atoms with E-state index >= 15 is 0 Å². The van der Waals surface area contributed by atoms with Crippen LogP contribution in [0.2, 0.25) is 0 Å². The second-order valence-corrected chi connectivity index (χ2v) is 12.4. The van der Waals surface area contributed by atoms with E-state index in [2.05, 4.69) is 19.2 Å². The summed E-state index contributed by atoms with van der Waals surface area (Å²) in [6.07, 6.45) is 46.7. The third-order valence-corrected chi connectivity index (χ3v) is 8.41. The second-order valence-electron chi connectivity index (χ2n) is 12.4. The zero-order chi connectivity index (χ0) is 26.7. The van der Waals surface area contributed by atoms with Crippen LogP contribution in [0.3, 0.4) is 0 Å². The Hall–Kier alpha value is 0.960. The van der Waals surface area contributed by atoms with Crippen molar-refractivity contribution in [2.24, 2.45) is 0 Å². The van der Waals surface area contributed by atoms with Crippen LogP contribution in [0.15, 0.2) is 0 Å². The number of nitrogens with one attached hydrogen (secondary N) is 1. The Morgan fingerprint density at radius 1 is 0.237 bits per heavy atom. The molecule has 0 radical (unpaired) electrons. The van der Waals surface area contributed by atoms with Crippen molar-refractivity contribution in [3.63, 3.8) is 0 Å². The molecule has 0 bridgehead atoms. The van der Waals surface area contributed by atoms with Crippen LogP contribution < -0.4 is 5.32 Å². The molecule has 0 aromatic carbocycles. The predicted molar refractivity (Wildman–Crippen MR) is 179 cm³/mol. The number of rotatable bonds is 34. The fraction of sp³-hybridized carbons (Fsp3) is 1.00. The van der Waals surface area contributed by atoms with Gasteiger partial charge in [0.1, 0.15) is 0 Å². The Labute approximate surface area is 265 Å². The van der Waals surface area contributed by atoms with Gasteiger partial charge in [0.15, 0.2) is 0 Å². The molecule has 0 aromatic rings. The topological polar surface area (TPSA) is 12.0 Å². The van der Waals surface area contributed by atoms with Crippen LogP contribution in [0.25, 0.3) is 0 Å². The van der Waals surface area contributed by atoms with Crippen molar-refractivity contribution in [3.05, 3.63) is 0 Å². The van der Waals surface area contributed by atoms with Crippen LogP contribution in [-0.4, -0.2) is 42.6 Å². The minimum atomic E-state index is 0. The van der Waals surface area contributed by atoms with Gasteiger partial charge in [-0.2, -0.15) is 0 Å². The monoisotopic (exact) mass is 546 g/mol. The van der Waals surface area contributed by atoms with E-state index in [1.54, 1.807) is 0 Å². The molecule has 0 amide bonds. The first-order chi connectivity index (χ1) is 18.4. The van der Waals surface area contributed by atoms with Gasteiger partial charge in [0.25, 0.3) is 0 Å². The van der Waals surface area contributed by atoms with E-state index in [-0.39, 0.29) is 29.6 Å². The number of unbranched alkanes of at least 4 members (excludes halogenated alkanes) is 30. The van der Waals surface area contributed by atoms with E-state index in [1.807, 2.05) is 0 Å². The molecule has 0 aromatic heterocycles. The van der Waals surface area contributed by atoms with Gasteiger partial charge in [0, 0.05) is 0 Å². The van der Waals surface area contributed by atoms with Crippen LogP contribution in [0, 0.1) is 0 Å². The van der Waals surface area contributed by atoms with Crippen LogP contribution in [-0.2, 0) is 0 Å². The Balaban J connectivity index is 0. The first-order valence-corrected chi connectivity index (χ1v) is 18.1. The van der Waals surface area contributed by atoms with E-state index < -0.39 is 0 Å². The summed E-state index contributed by atoms with van der Waals surface area (Å²) in [6.45, 7) is 7.11. The Bertz CT molecular complexity index is 338. The molecule has 0 atom stereocenters. The van der Waals surface area contributed by atoms with E-state index in [4.69, 9.17) is 0 Å². The van der Waals surface area contributed by atoms with Crippen molar-refractivity contribution in [3.8, 4) is 0 Å². The molecule has 0 rings (SSSR count). The average Bonchev–Trinajstić information content (AvgIpc) is 2.91. The van der Waals surface area contributed by atoms with Crippen LogP contribution in [0.4, 0.5) is 0 Å². The molecular weight excluding hydrogens is 469 g/mol. The molecule has 1 N–H and O–H groups in total. The summed E-state index contributed by atoms with van der Waals surface area (Å²) >= 11 is 0. The minimum absolute atomic E-state index is 0. The van der Waals surface area contributed by atoms with E-state index in [0.29, 0.717) is 0 Å². The molecule has 0 saturated heterocycles. The first kappa shape index (κ1) is 41.1. The maximum atomic E-state index is 3.68. The molecular formula is C36H76NNa. The van der Waals surface area contributed by atoms with Gasteiger partial charge in [-0.05, 0) is 25.9 Å². The van der Waals surface area contributed by atoms with Gasteiger partial charge < -0.3 is 5.32 Å². The molecule has 0 aliphatic heterocycles. The summed E-state index contributed by atoms with van der Waals surface area (Å²) in [5.74, 6) is 0. The first-order valence-electron chi connectivity index (χ1n) is 18.1. The predicted octanol–water partition coefficient (Wildman–Crippen LogP) is 12.5. The van der Waals surface area contributed by atoms with E-state index in [9.17, 15) is 0 Å². The molecule has 38 heavy (non-hydrogen) atoms. The Morgan fingerprint density at radius 3 is 0.579 bits per heavy atom. The van der Waals surface area contributed by atoms with Gasteiger partial charge in [0.2, 0.25) is 0 Å². The molecule has 0 heterocycles. The maximum absolute atomic E-state index is 3.68. The summed E-state index contributed by atoms with van der Waals surface area (Å²) in [5, 5.41) is 3.68. The number of hydrogen-bond acceptors (Lipinski definition) is 1. The molecule has 0 aliphatic carbocycles. The van der Waals surface area contributed by atoms with Gasteiger partial charge in [-0.1, -0.05) is 206 Å². The fourth-order valence-corrected chi connectivity index (χ4v) is 5.72. The van der Waals surface area contributed by atoms with Gasteiger partial charge >= 0.3 is 29.6 Å². The van der Waals surface area contributed by atoms with Crippen LogP contribution in [0.1, 0.15) is 219 Å². The van der Waals surface area contributed by atoms with Crippen molar-refractivity contribution in [2.45, 2.75) is 219 Å². The summed E-state index contributed by atoms with van der Waals surface area (Å²) in [4.78, 5) is 0. The van der Waals surface area contributed by atoms with E-state index in [0.717, 1.165) is 0 Å². The van der Waals surface area contributed by atoms with Crippen molar-refractivity contribution < 1.29 is 0 Å². The molecule has 0 fully saturated rings. The molecule has 0 saturated carbocycles. The molecule has 1 nitrogen and oxygen atoms in total. The number of hydrogen-bond donors (Lipinski definition) is 1.